The number of likely N-dealkylation sites (tertiary alicyclic amines) is 1. The number of hydrogen-bond acceptors (Lipinski definition) is 4. The lowest BCUT2D eigenvalue weighted by Crippen LogP contribution is -2.43. The van der Waals surface area contributed by atoms with E-state index < -0.39 is 9.84 Å². The number of aryl methyl sites for hydroxylation is 1. The van der Waals surface area contributed by atoms with Crippen LogP contribution in [0.5, 0.6) is 0 Å². The van der Waals surface area contributed by atoms with Crippen LogP contribution in [-0.2, 0) is 14.6 Å². The van der Waals surface area contributed by atoms with Crippen molar-refractivity contribution in [3.8, 4) is 0 Å². The molecule has 6 heteroatoms. The molecule has 122 valence electrons. The molecule has 0 N–H and O–H groups in total. The maximum atomic E-state index is 12.6. The summed E-state index contributed by atoms with van der Waals surface area (Å²) in [6, 6.07) is 2.11. The maximum absolute atomic E-state index is 12.6. The highest BCUT2D eigenvalue weighted by Gasteiger charge is 2.47. The summed E-state index contributed by atoms with van der Waals surface area (Å²) >= 11 is 1.74. The molecule has 1 aromatic heterocycles. The highest BCUT2D eigenvalue weighted by molar-refractivity contribution is 7.92. The first kappa shape index (κ1) is 16.0. The van der Waals surface area contributed by atoms with Crippen LogP contribution in [0.1, 0.15) is 42.5 Å². The molecule has 4 nitrogen and oxygen atoms in total. The summed E-state index contributed by atoms with van der Waals surface area (Å²) in [5.74, 6) is 0.944. The SMILES string of the molecule is CCS(=O)(=O)C1CCN(C(=O)[C@@H]2C[C@H]2c2sccc2C)CC1. The lowest BCUT2D eigenvalue weighted by Gasteiger charge is -2.31. The van der Waals surface area contributed by atoms with Gasteiger partial charge in [0.2, 0.25) is 5.91 Å². The van der Waals surface area contributed by atoms with E-state index in [-0.39, 0.29) is 22.8 Å². The molecule has 2 atom stereocenters. The van der Waals surface area contributed by atoms with Crippen molar-refractivity contribution in [2.45, 2.75) is 44.3 Å². The van der Waals surface area contributed by atoms with Crippen molar-refractivity contribution in [2.75, 3.05) is 18.8 Å². The molecule has 2 aliphatic rings. The minimum absolute atomic E-state index is 0.122. The van der Waals surface area contributed by atoms with Gasteiger partial charge in [-0.3, -0.25) is 4.79 Å². The van der Waals surface area contributed by atoms with Crippen LogP contribution < -0.4 is 0 Å². The van der Waals surface area contributed by atoms with Crippen LogP contribution in [0.25, 0.3) is 0 Å². The maximum Gasteiger partial charge on any atom is 0.226 e. The Kier molecular flexibility index (Phi) is 4.34. The first-order valence-electron chi connectivity index (χ1n) is 7.98. The van der Waals surface area contributed by atoms with E-state index in [1.165, 1.54) is 10.4 Å². The second kappa shape index (κ2) is 5.96. The fourth-order valence-electron chi connectivity index (χ4n) is 3.43. The van der Waals surface area contributed by atoms with Crippen molar-refractivity contribution in [2.24, 2.45) is 5.92 Å². The normalized spacial score (nSPS) is 26.2. The average molecular weight is 341 g/mol. The molecule has 0 spiro atoms. The molecular formula is C16H23NO3S2. The molecule has 0 aromatic carbocycles. The van der Waals surface area contributed by atoms with Gasteiger partial charge in [-0.2, -0.15) is 0 Å². The van der Waals surface area contributed by atoms with E-state index in [2.05, 4.69) is 18.4 Å². The summed E-state index contributed by atoms with van der Waals surface area (Å²) in [5, 5.41) is 1.84. The van der Waals surface area contributed by atoms with E-state index in [1.54, 1.807) is 18.3 Å². The Hall–Kier alpha value is -0.880. The number of piperidine rings is 1. The number of rotatable bonds is 4. The molecule has 0 bridgehead atoms. The molecule has 0 unspecified atom stereocenters. The lowest BCUT2D eigenvalue weighted by atomic mass is 10.1. The highest BCUT2D eigenvalue weighted by atomic mass is 32.2. The third kappa shape index (κ3) is 2.95. The minimum atomic E-state index is -2.96. The molecule has 1 saturated carbocycles. The van der Waals surface area contributed by atoms with Crippen LogP contribution in [0.2, 0.25) is 0 Å². The Morgan fingerprint density at radius 1 is 1.36 bits per heavy atom. The Morgan fingerprint density at radius 3 is 2.59 bits per heavy atom. The third-order valence-corrected chi connectivity index (χ3v) is 8.45. The van der Waals surface area contributed by atoms with Crippen molar-refractivity contribution in [3.05, 3.63) is 21.9 Å². The van der Waals surface area contributed by atoms with Crippen LogP contribution >= 0.6 is 11.3 Å². The predicted molar refractivity (Wildman–Crippen MR) is 89.0 cm³/mol. The molecule has 22 heavy (non-hydrogen) atoms. The van der Waals surface area contributed by atoms with E-state index >= 15 is 0 Å². The van der Waals surface area contributed by atoms with Gasteiger partial charge in [0.05, 0.1) is 5.25 Å². The number of sulfone groups is 1. The van der Waals surface area contributed by atoms with Crippen LogP contribution in [0.15, 0.2) is 11.4 Å². The van der Waals surface area contributed by atoms with Crippen LogP contribution in [0.4, 0.5) is 0 Å². The van der Waals surface area contributed by atoms with Crippen molar-refractivity contribution in [1.29, 1.82) is 0 Å². The minimum Gasteiger partial charge on any atom is -0.342 e. The van der Waals surface area contributed by atoms with E-state index in [9.17, 15) is 13.2 Å². The van der Waals surface area contributed by atoms with Gasteiger partial charge in [0.15, 0.2) is 9.84 Å². The van der Waals surface area contributed by atoms with Gasteiger partial charge >= 0.3 is 0 Å². The smallest absolute Gasteiger partial charge is 0.226 e. The Labute approximate surface area is 136 Å². The Morgan fingerprint density at radius 2 is 2.05 bits per heavy atom. The van der Waals surface area contributed by atoms with Gasteiger partial charge in [0.25, 0.3) is 0 Å². The summed E-state index contributed by atoms with van der Waals surface area (Å²) in [5.41, 5.74) is 1.29. The molecule has 2 fully saturated rings. The number of amides is 1. The van der Waals surface area contributed by atoms with Gasteiger partial charge < -0.3 is 4.90 Å². The second-order valence-corrected chi connectivity index (χ2v) is 9.91. The number of carbonyl (C=O) groups excluding carboxylic acids is 1. The van der Waals surface area contributed by atoms with E-state index in [4.69, 9.17) is 0 Å². The Bertz CT molecular complexity index is 657. The zero-order chi connectivity index (χ0) is 15.9. The van der Waals surface area contributed by atoms with Crippen molar-refractivity contribution >= 4 is 27.1 Å². The van der Waals surface area contributed by atoms with Gasteiger partial charge in [-0.25, -0.2) is 8.42 Å². The summed E-state index contributed by atoms with van der Waals surface area (Å²) in [7, 11) is -2.96. The van der Waals surface area contributed by atoms with Crippen molar-refractivity contribution in [3.63, 3.8) is 0 Å². The summed E-state index contributed by atoms with van der Waals surface area (Å²) in [6.07, 6.45) is 2.14. The van der Waals surface area contributed by atoms with Gasteiger partial charge in [0, 0.05) is 35.6 Å². The third-order valence-electron chi connectivity index (χ3n) is 5.01. The second-order valence-electron chi connectivity index (χ2n) is 6.39. The molecular weight excluding hydrogens is 318 g/mol. The van der Waals surface area contributed by atoms with E-state index in [0.29, 0.717) is 31.8 Å². The summed E-state index contributed by atoms with van der Waals surface area (Å²) in [4.78, 5) is 15.8. The van der Waals surface area contributed by atoms with Crippen LogP contribution in [0, 0.1) is 12.8 Å². The monoisotopic (exact) mass is 341 g/mol. The fraction of sp³-hybridized carbons (Fsp3) is 0.688. The number of hydrogen-bond donors (Lipinski definition) is 0. The Balaban J connectivity index is 1.57. The van der Waals surface area contributed by atoms with Crippen molar-refractivity contribution < 1.29 is 13.2 Å². The topological polar surface area (TPSA) is 54.5 Å². The van der Waals surface area contributed by atoms with Crippen LogP contribution in [-0.4, -0.2) is 43.3 Å². The van der Waals surface area contributed by atoms with Gasteiger partial charge in [-0.15, -0.1) is 11.3 Å². The summed E-state index contributed by atoms with van der Waals surface area (Å²) < 4.78 is 23.8. The molecule has 0 radical (unpaired) electrons. The largest absolute Gasteiger partial charge is 0.342 e. The van der Waals surface area contributed by atoms with Gasteiger partial charge in [-0.1, -0.05) is 6.92 Å². The number of thiophene rings is 1. The van der Waals surface area contributed by atoms with E-state index in [0.717, 1.165) is 6.42 Å². The average Bonchev–Trinajstić information content (AvgIpc) is 3.20. The quantitative estimate of drug-likeness (QED) is 0.846. The van der Waals surface area contributed by atoms with Gasteiger partial charge in [0.1, 0.15) is 0 Å². The molecule has 1 saturated heterocycles. The van der Waals surface area contributed by atoms with Crippen molar-refractivity contribution in [1.82, 2.24) is 4.90 Å². The molecule has 2 heterocycles. The molecule has 1 amide bonds. The lowest BCUT2D eigenvalue weighted by molar-refractivity contribution is -0.133. The molecule has 3 rings (SSSR count). The van der Waals surface area contributed by atoms with Gasteiger partial charge in [-0.05, 0) is 43.2 Å². The molecule has 1 aliphatic heterocycles. The first-order valence-corrected chi connectivity index (χ1v) is 10.6. The standard InChI is InChI=1S/C16H23NO3S2/c1-3-22(19,20)12-4-7-17(8-5-12)16(18)14-10-13(14)15-11(2)6-9-21-15/h6,9,12-14H,3-5,7-8,10H2,1-2H3/t13-,14-/m1/s1. The molecule has 1 aliphatic carbocycles. The number of carbonyl (C=O) groups is 1. The zero-order valence-corrected chi connectivity index (χ0v) is 14.8. The zero-order valence-electron chi connectivity index (χ0n) is 13.1. The fourth-order valence-corrected chi connectivity index (χ4v) is 5.94. The predicted octanol–water partition coefficient (Wildman–Crippen LogP) is 2.59. The number of nitrogens with zero attached hydrogens (tertiary/aromatic N) is 1. The highest BCUT2D eigenvalue weighted by Crippen LogP contribution is 2.51. The van der Waals surface area contributed by atoms with E-state index in [1.807, 2.05) is 4.90 Å². The van der Waals surface area contributed by atoms with Crippen LogP contribution in [0.3, 0.4) is 0 Å². The molecule has 1 aromatic rings. The first-order chi connectivity index (χ1) is 10.4. The summed E-state index contributed by atoms with van der Waals surface area (Å²) in [6.45, 7) is 4.99.